The van der Waals surface area contributed by atoms with Gasteiger partial charge in [0.2, 0.25) is 0 Å². The van der Waals surface area contributed by atoms with Gasteiger partial charge in [0.15, 0.2) is 0 Å². The first kappa shape index (κ1) is 12.3. The summed E-state index contributed by atoms with van der Waals surface area (Å²) in [6, 6.07) is 0. The van der Waals surface area contributed by atoms with Gasteiger partial charge in [0.25, 0.3) is 6.08 Å². The molecule has 0 rings (SSSR count). The summed E-state index contributed by atoms with van der Waals surface area (Å²) in [6.45, 7) is 6.69. The lowest BCUT2D eigenvalue weighted by molar-refractivity contribution is 0.426. The second kappa shape index (κ2) is 11.4. The number of halogens is 2. The average molecular weight is 150 g/mol. The van der Waals surface area contributed by atoms with E-state index in [-0.39, 0.29) is 0 Å². The molecule has 0 heterocycles. The van der Waals surface area contributed by atoms with Crippen LogP contribution in [-0.2, 0) is 0 Å². The zero-order chi connectivity index (χ0) is 8.41. The van der Waals surface area contributed by atoms with Crippen molar-refractivity contribution in [2.45, 2.75) is 39.5 Å². The minimum absolute atomic E-state index is 1.36. The second-order valence-electron chi connectivity index (χ2n) is 2.05. The zero-order valence-electron chi connectivity index (χ0n) is 6.79. The minimum Gasteiger partial charge on any atom is -0.174 e. The van der Waals surface area contributed by atoms with E-state index in [2.05, 4.69) is 20.4 Å². The van der Waals surface area contributed by atoms with Crippen LogP contribution < -0.4 is 0 Å². The molecule has 0 saturated carbocycles. The molecule has 0 aliphatic rings. The normalized spacial score (nSPS) is 8.00. The molecule has 0 aliphatic heterocycles. The molecular weight excluding hydrogens is 134 g/mol. The molecule has 0 fully saturated rings. The highest BCUT2D eigenvalue weighted by molar-refractivity contribution is 4.57. The Hall–Kier alpha value is -0.400. The predicted octanol–water partition coefficient (Wildman–Crippen LogP) is 3.98. The Labute approximate surface area is 61.9 Å². The van der Waals surface area contributed by atoms with Gasteiger partial charge in [-0.1, -0.05) is 39.5 Å². The Kier molecular flexibility index (Phi) is 14.0. The second-order valence-corrected chi connectivity index (χ2v) is 2.05. The molecule has 0 spiro atoms. The Bertz CT molecular complexity index is 61.7. The van der Waals surface area contributed by atoms with Crippen LogP contribution in [0.15, 0.2) is 12.7 Å². The van der Waals surface area contributed by atoms with Crippen molar-refractivity contribution in [1.82, 2.24) is 0 Å². The van der Waals surface area contributed by atoms with E-state index in [1.807, 2.05) is 0 Å². The fourth-order valence-electron chi connectivity index (χ4n) is 0.500. The fourth-order valence-corrected chi connectivity index (χ4v) is 0.500. The van der Waals surface area contributed by atoms with Crippen LogP contribution in [0, 0.1) is 0 Å². The van der Waals surface area contributed by atoms with E-state index < -0.39 is 6.08 Å². The average Bonchev–Trinajstić information content (AvgIpc) is 1.82. The Morgan fingerprint density at radius 2 is 1.30 bits per heavy atom. The lowest BCUT2D eigenvalue weighted by Gasteiger charge is -1.86. The number of hydrogen-bond acceptors (Lipinski definition) is 0. The third-order valence-electron chi connectivity index (χ3n) is 0.957. The lowest BCUT2D eigenvalue weighted by atomic mass is 10.2. The van der Waals surface area contributed by atoms with Gasteiger partial charge in [-0.2, -0.15) is 8.78 Å². The SMILES string of the molecule is C=C(F)F.CCCCCC. The van der Waals surface area contributed by atoms with E-state index in [0.717, 1.165) is 0 Å². The van der Waals surface area contributed by atoms with Crippen molar-refractivity contribution in [1.29, 1.82) is 0 Å². The first-order valence-electron chi connectivity index (χ1n) is 3.65. The van der Waals surface area contributed by atoms with Gasteiger partial charge in [-0.3, -0.25) is 0 Å². The Balaban J connectivity index is 0. The first-order chi connectivity index (χ1) is 4.65. The van der Waals surface area contributed by atoms with E-state index in [1.54, 1.807) is 0 Å². The molecular formula is C8H16F2. The Morgan fingerprint density at radius 3 is 1.40 bits per heavy atom. The van der Waals surface area contributed by atoms with E-state index >= 15 is 0 Å². The molecule has 10 heavy (non-hydrogen) atoms. The first-order valence-corrected chi connectivity index (χ1v) is 3.65. The van der Waals surface area contributed by atoms with Crippen LogP contribution in [0.1, 0.15) is 39.5 Å². The smallest absolute Gasteiger partial charge is 0.174 e. The molecule has 0 unspecified atom stereocenters. The van der Waals surface area contributed by atoms with Crippen LogP contribution in [0.5, 0.6) is 0 Å². The van der Waals surface area contributed by atoms with Crippen LogP contribution >= 0.6 is 0 Å². The minimum atomic E-state index is -1.83. The number of unbranched alkanes of at least 4 members (excludes halogenated alkanes) is 3. The summed E-state index contributed by atoms with van der Waals surface area (Å²) in [5.74, 6) is 0. The van der Waals surface area contributed by atoms with Crippen molar-refractivity contribution in [2.24, 2.45) is 0 Å². The maximum atomic E-state index is 10.1. The molecule has 0 aliphatic carbocycles. The van der Waals surface area contributed by atoms with E-state index in [9.17, 15) is 8.78 Å². The zero-order valence-corrected chi connectivity index (χ0v) is 6.79. The van der Waals surface area contributed by atoms with Crippen LogP contribution in [-0.4, -0.2) is 0 Å². The third kappa shape index (κ3) is 49.0. The molecule has 2 heteroatoms. The molecule has 0 aromatic heterocycles. The summed E-state index contributed by atoms with van der Waals surface area (Å²) in [5, 5.41) is 0. The summed E-state index contributed by atoms with van der Waals surface area (Å²) in [7, 11) is 0. The van der Waals surface area contributed by atoms with Gasteiger partial charge in [0.1, 0.15) is 0 Å². The van der Waals surface area contributed by atoms with Gasteiger partial charge in [0.05, 0.1) is 0 Å². The van der Waals surface area contributed by atoms with E-state index in [4.69, 9.17) is 0 Å². The quantitative estimate of drug-likeness (QED) is 0.534. The van der Waals surface area contributed by atoms with Crippen molar-refractivity contribution >= 4 is 0 Å². The van der Waals surface area contributed by atoms with Crippen molar-refractivity contribution < 1.29 is 8.78 Å². The van der Waals surface area contributed by atoms with Crippen molar-refractivity contribution in [3.63, 3.8) is 0 Å². The van der Waals surface area contributed by atoms with E-state index in [0.29, 0.717) is 0 Å². The van der Waals surface area contributed by atoms with Crippen molar-refractivity contribution in [2.75, 3.05) is 0 Å². The number of rotatable bonds is 3. The fraction of sp³-hybridized carbons (Fsp3) is 0.750. The van der Waals surface area contributed by atoms with Gasteiger partial charge >= 0.3 is 0 Å². The topological polar surface area (TPSA) is 0 Å². The highest BCUT2D eigenvalue weighted by Gasteiger charge is 1.75. The monoisotopic (exact) mass is 150 g/mol. The largest absolute Gasteiger partial charge is 0.263 e. The summed E-state index contributed by atoms with van der Waals surface area (Å²) in [4.78, 5) is 0. The highest BCUT2D eigenvalue weighted by Crippen LogP contribution is 1.95. The van der Waals surface area contributed by atoms with Crippen LogP contribution in [0.2, 0.25) is 0 Å². The van der Waals surface area contributed by atoms with Gasteiger partial charge in [0, 0.05) is 0 Å². The molecule has 0 radical (unpaired) electrons. The summed E-state index contributed by atoms with van der Waals surface area (Å²) >= 11 is 0. The molecule has 0 amide bonds. The highest BCUT2D eigenvalue weighted by atomic mass is 19.3. The van der Waals surface area contributed by atoms with Crippen LogP contribution in [0.3, 0.4) is 0 Å². The van der Waals surface area contributed by atoms with Crippen LogP contribution in [0.4, 0.5) is 8.78 Å². The molecule has 0 nitrogen and oxygen atoms in total. The molecule has 0 saturated heterocycles. The molecule has 62 valence electrons. The van der Waals surface area contributed by atoms with Gasteiger partial charge in [-0.05, 0) is 6.58 Å². The van der Waals surface area contributed by atoms with Gasteiger partial charge < -0.3 is 0 Å². The number of hydrogen-bond donors (Lipinski definition) is 0. The Morgan fingerprint density at radius 1 is 1.10 bits per heavy atom. The molecule has 0 atom stereocenters. The maximum Gasteiger partial charge on any atom is 0.263 e. The maximum absolute atomic E-state index is 10.1. The van der Waals surface area contributed by atoms with Gasteiger partial charge in [-0.25, -0.2) is 0 Å². The molecule has 0 aromatic carbocycles. The van der Waals surface area contributed by atoms with E-state index in [1.165, 1.54) is 25.7 Å². The predicted molar refractivity (Wildman–Crippen MR) is 41.2 cm³/mol. The van der Waals surface area contributed by atoms with Crippen molar-refractivity contribution in [3.8, 4) is 0 Å². The van der Waals surface area contributed by atoms with Gasteiger partial charge in [-0.15, -0.1) is 0 Å². The summed E-state index contributed by atoms with van der Waals surface area (Å²) < 4.78 is 20.3. The molecule has 0 bridgehead atoms. The summed E-state index contributed by atoms with van der Waals surface area (Å²) in [5.41, 5.74) is 0. The standard InChI is InChI=1S/C6H14.C2H2F2/c1-3-5-6-4-2;1-2(3)4/h3-6H2,1-2H3;1H2. The summed E-state index contributed by atoms with van der Waals surface area (Å²) in [6.07, 6.45) is 3.70. The lowest BCUT2D eigenvalue weighted by Crippen LogP contribution is -1.66. The third-order valence-corrected chi connectivity index (χ3v) is 0.957. The molecule has 0 N–H and O–H groups in total. The molecule has 0 aromatic rings. The van der Waals surface area contributed by atoms with Crippen molar-refractivity contribution in [3.05, 3.63) is 12.7 Å². The van der Waals surface area contributed by atoms with Crippen LogP contribution in [0.25, 0.3) is 0 Å².